The maximum atomic E-state index is 9.80. The molecule has 0 radical (unpaired) electrons. The predicted octanol–water partition coefficient (Wildman–Crippen LogP) is 2.09. The van der Waals surface area contributed by atoms with E-state index < -0.39 is 6.10 Å². The molecule has 3 atom stereocenters. The lowest BCUT2D eigenvalue weighted by atomic mass is 10.1. The molecule has 1 aromatic heterocycles. The van der Waals surface area contributed by atoms with Crippen LogP contribution in [0, 0.1) is 5.92 Å². The van der Waals surface area contributed by atoms with Gasteiger partial charge < -0.3 is 14.8 Å². The van der Waals surface area contributed by atoms with E-state index in [1.54, 1.807) is 12.3 Å². The third-order valence-corrected chi connectivity index (χ3v) is 3.31. The van der Waals surface area contributed by atoms with Gasteiger partial charge in [0.1, 0.15) is 11.9 Å². The molecule has 2 rings (SSSR count). The first kappa shape index (κ1) is 10.7. The molecular formula is C12H19NO2. The van der Waals surface area contributed by atoms with Gasteiger partial charge in [-0.2, -0.15) is 0 Å². The highest BCUT2D eigenvalue weighted by Gasteiger charge is 2.23. The zero-order valence-electron chi connectivity index (χ0n) is 9.15. The van der Waals surface area contributed by atoms with E-state index >= 15 is 0 Å². The van der Waals surface area contributed by atoms with Crippen molar-refractivity contribution in [1.82, 2.24) is 5.32 Å². The number of hydrogen-bond donors (Lipinski definition) is 2. The topological polar surface area (TPSA) is 45.4 Å². The van der Waals surface area contributed by atoms with Crippen LogP contribution in [-0.2, 0) is 0 Å². The maximum Gasteiger partial charge on any atom is 0.133 e. The van der Waals surface area contributed by atoms with Crippen LogP contribution in [0.3, 0.4) is 0 Å². The molecule has 0 saturated heterocycles. The second-order valence-electron chi connectivity index (χ2n) is 4.45. The third-order valence-electron chi connectivity index (χ3n) is 3.31. The fourth-order valence-electron chi connectivity index (χ4n) is 2.29. The third kappa shape index (κ3) is 2.61. The molecule has 3 nitrogen and oxygen atoms in total. The number of aliphatic hydroxyl groups is 1. The minimum Gasteiger partial charge on any atom is -0.467 e. The Bertz CT molecular complexity index is 284. The van der Waals surface area contributed by atoms with Crippen molar-refractivity contribution in [2.75, 3.05) is 6.54 Å². The summed E-state index contributed by atoms with van der Waals surface area (Å²) >= 11 is 0. The zero-order chi connectivity index (χ0) is 10.7. The van der Waals surface area contributed by atoms with Gasteiger partial charge in [0.15, 0.2) is 0 Å². The van der Waals surface area contributed by atoms with E-state index in [0.717, 1.165) is 5.92 Å². The standard InChI is InChI=1S/C12H19NO2/c1-9-4-2-5-10(9)13-8-11(14)12-6-3-7-15-12/h3,6-7,9-11,13-14H,2,4-5,8H2,1H3. The van der Waals surface area contributed by atoms with E-state index in [4.69, 9.17) is 4.42 Å². The van der Waals surface area contributed by atoms with Crippen molar-refractivity contribution in [3.05, 3.63) is 24.2 Å². The van der Waals surface area contributed by atoms with Crippen LogP contribution in [0.2, 0.25) is 0 Å². The highest BCUT2D eigenvalue weighted by atomic mass is 16.4. The molecule has 1 heterocycles. The largest absolute Gasteiger partial charge is 0.467 e. The van der Waals surface area contributed by atoms with Gasteiger partial charge in [-0.25, -0.2) is 0 Å². The minimum absolute atomic E-state index is 0.521. The number of furan rings is 1. The van der Waals surface area contributed by atoms with Crippen molar-refractivity contribution < 1.29 is 9.52 Å². The first-order valence-electron chi connectivity index (χ1n) is 5.72. The van der Waals surface area contributed by atoms with Crippen LogP contribution < -0.4 is 5.32 Å². The summed E-state index contributed by atoms with van der Waals surface area (Å²) in [7, 11) is 0. The van der Waals surface area contributed by atoms with Gasteiger partial charge in [-0.3, -0.25) is 0 Å². The second kappa shape index (κ2) is 4.81. The molecule has 1 aromatic rings. The van der Waals surface area contributed by atoms with Crippen molar-refractivity contribution in [2.45, 2.75) is 38.3 Å². The maximum absolute atomic E-state index is 9.80. The number of aliphatic hydroxyl groups excluding tert-OH is 1. The molecule has 0 spiro atoms. The Morgan fingerprint density at radius 1 is 1.60 bits per heavy atom. The van der Waals surface area contributed by atoms with Gasteiger partial charge in [0.05, 0.1) is 6.26 Å². The Kier molecular flexibility index (Phi) is 3.44. The number of hydrogen-bond acceptors (Lipinski definition) is 3. The van der Waals surface area contributed by atoms with Gasteiger partial charge in [-0.05, 0) is 30.9 Å². The molecule has 15 heavy (non-hydrogen) atoms. The summed E-state index contributed by atoms with van der Waals surface area (Å²) in [5, 5.41) is 13.2. The number of rotatable bonds is 4. The summed E-state index contributed by atoms with van der Waals surface area (Å²) in [6, 6.07) is 4.18. The molecule has 1 aliphatic rings. The van der Waals surface area contributed by atoms with Gasteiger partial charge in [0, 0.05) is 12.6 Å². The molecule has 1 saturated carbocycles. The fourth-order valence-corrected chi connectivity index (χ4v) is 2.29. The first-order chi connectivity index (χ1) is 7.27. The monoisotopic (exact) mass is 209 g/mol. The Morgan fingerprint density at radius 2 is 2.47 bits per heavy atom. The Morgan fingerprint density at radius 3 is 3.07 bits per heavy atom. The lowest BCUT2D eigenvalue weighted by Gasteiger charge is -2.18. The SMILES string of the molecule is CC1CCCC1NCC(O)c1ccco1. The zero-order valence-corrected chi connectivity index (χ0v) is 9.15. The van der Waals surface area contributed by atoms with Crippen molar-refractivity contribution in [2.24, 2.45) is 5.92 Å². The van der Waals surface area contributed by atoms with Crippen LogP contribution >= 0.6 is 0 Å². The van der Waals surface area contributed by atoms with Crippen LogP contribution in [-0.4, -0.2) is 17.7 Å². The molecule has 0 amide bonds. The molecule has 0 bridgehead atoms. The lowest BCUT2D eigenvalue weighted by Crippen LogP contribution is -2.34. The van der Waals surface area contributed by atoms with E-state index in [1.165, 1.54) is 19.3 Å². The molecule has 2 N–H and O–H groups in total. The van der Waals surface area contributed by atoms with Crippen LogP contribution in [0.15, 0.2) is 22.8 Å². The minimum atomic E-state index is -0.521. The van der Waals surface area contributed by atoms with Crippen molar-refractivity contribution in [1.29, 1.82) is 0 Å². The molecule has 3 heteroatoms. The molecule has 0 aliphatic heterocycles. The predicted molar refractivity (Wildman–Crippen MR) is 58.5 cm³/mol. The van der Waals surface area contributed by atoms with Gasteiger partial charge in [-0.1, -0.05) is 13.3 Å². The van der Waals surface area contributed by atoms with Crippen molar-refractivity contribution in [3.8, 4) is 0 Å². The summed E-state index contributed by atoms with van der Waals surface area (Å²) in [6.07, 6.45) is 4.90. The van der Waals surface area contributed by atoms with E-state index in [9.17, 15) is 5.11 Å². The van der Waals surface area contributed by atoms with Crippen LogP contribution in [0.25, 0.3) is 0 Å². The van der Waals surface area contributed by atoms with Gasteiger partial charge >= 0.3 is 0 Å². The second-order valence-corrected chi connectivity index (χ2v) is 4.45. The lowest BCUT2D eigenvalue weighted by molar-refractivity contribution is 0.141. The normalized spacial score (nSPS) is 28.1. The Balaban J connectivity index is 1.78. The van der Waals surface area contributed by atoms with Crippen LogP contribution in [0.5, 0.6) is 0 Å². The Labute approximate surface area is 90.5 Å². The van der Waals surface area contributed by atoms with Gasteiger partial charge in [-0.15, -0.1) is 0 Å². The first-order valence-corrected chi connectivity index (χ1v) is 5.72. The smallest absolute Gasteiger partial charge is 0.133 e. The van der Waals surface area contributed by atoms with E-state index in [0.29, 0.717) is 18.3 Å². The molecule has 1 aliphatic carbocycles. The summed E-state index contributed by atoms with van der Waals surface area (Å²) in [4.78, 5) is 0. The molecule has 1 fully saturated rings. The van der Waals surface area contributed by atoms with Crippen molar-refractivity contribution in [3.63, 3.8) is 0 Å². The summed E-state index contributed by atoms with van der Waals surface area (Å²) < 4.78 is 5.15. The summed E-state index contributed by atoms with van der Waals surface area (Å²) in [5.74, 6) is 1.38. The van der Waals surface area contributed by atoms with Crippen LogP contribution in [0.4, 0.5) is 0 Å². The average molecular weight is 209 g/mol. The van der Waals surface area contributed by atoms with Crippen LogP contribution in [0.1, 0.15) is 38.1 Å². The quantitative estimate of drug-likeness (QED) is 0.798. The van der Waals surface area contributed by atoms with E-state index in [2.05, 4.69) is 12.2 Å². The van der Waals surface area contributed by atoms with E-state index in [1.807, 2.05) is 6.07 Å². The van der Waals surface area contributed by atoms with Gasteiger partial charge in [0.25, 0.3) is 0 Å². The molecular weight excluding hydrogens is 190 g/mol. The fraction of sp³-hybridized carbons (Fsp3) is 0.667. The highest BCUT2D eigenvalue weighted by molar-refractivity contribution is 5.02. The highest BCUT2D eigenvalue weighted by Crippen LogP contribution is 2.25. The average Bonchev–Trinajstić information content (AvgIpc) is 2.85. The molecule has 84 valence electrons. The molecule has 3 unspecified atom stereocenters. The van der Waals surface area contributed by atoms with E-state index in [-0.39, 0.29) is 0 Å². The summed E-state index contributed by atoms with van der Waals surface area (Å²) in [5.41, 5.74) is 0. The van der Waals surface area contributed by atoms with Gasteiger partial charge in [0.2, 0.25) is 0 Å². The molecule has 0 aromatic carbocycles. The summed E-state index contributed by atoms with van der Waals surface area (Å²) in [6.45, 7) is 2.85. The Hall–Kier alpha value is -0.800. The van der Waals surface area contributed by atoms with Crippen molar-refractivity contribution >= 4 is 0 Å². The number of nitrogens with one attached hydrogen (secondary N) is 1.